The van der Waals surface area contributed by atoms with Crippen LogP contribution in [0.25, 0.3) is 0 Å². The first-order valence-corrected chi connectivity index (χ1v) is 6.47. The van der Waals surface area contributed by atoms with Gasteiger partial charge in [-0.25, -0.2) is 0 Å². The summed E-state index contributed by atoms with van der Waals surface area (Å²) in [5, 5.41) is 15.2. The highest BCUT2D eigenvalue weighted by Gasteiger charge is 2.27. The minimum absolute atomic E-state index is 0.0269. The molecule has 0 saturated carbocycles. The van der Waals surface area contributed by atoms with Crippen LogP contribution in [0.1, 0.15) is 47.5 Å². The Kier molecular flexibility index (Phi) is 7.39. The fourth-order valence-electron chi connectivity index (χ4n) is 1.67. The van der Waals surface area contributed by atoms with Gasteiger partial charge in [0.25, 0.3) is 0 Å². The minimum atomic E-state index is -0.225. The number of carbonyl (C=O) groups is 1. The lowest BCUT2D eigenvalue weighted by molar-refractivity contribution is -0.123. The first kappa shape index (κ1) is 16.4. The van der Waals surface area contributed by atoms with Gasteiger partial charge in [-0.1, -0.05) is 27.7 Å². The molecule has 4 nitrogen and oxygen atoms in total. The smallest absolute Gasteiger partial charge is 0.236 e. The zero-order valence-electron chi connectivity index (χ0n) is 11.8. The molecule has 0 aliphatic rings. The Morgan fingerprint density at radius 1 is 1.35 bits per heavy atom. The van der Waals surface area contributed by atoms with Gasteiger partial charge < -0.3 is 15.7 Å². The molecule has 0 saturated heterocycles. The van der Waals surface area contributed by atoms with E-state index in [9.17, 15) is 4.79 Å². The van der Waals surface area contributed by atoms with Gasteiger partial charge in [0, 0.05) is 19.2 Å². The van der Waals surface area contributed by atoms with Crippen molar-refractivity contribution in [2.45, 2.75) is 59.5 Å². The molecule has 3 N–H and O–H groups in total. The van der Waals surface area contributed by atoms with Crippen molar-refractivity contribution in [2.75, 3.05) is 13.2 Å². The number of aliphatic hydroxyl groups excluding tert-OH is 1. The van der Waals surface area contributed by atoms with Gasteiger partial charge in [0.05, 0.1) is 6.04 Å². The fourth-order valence-corrected chi connectivity index (χ4v) is 1.67. The molecular formula is C13H28N2O2. The minimum Gasteiger partial charge on any atom is -0.396 e. The third kappa shape index (κ3) is 6.64. The molecule has 0 rings (SSSR count). The number of carbonyl (C=O) groups excluding carboxylic acids is 1. The van der Waals surface area contributed by atoms with Crippen LogP contribution in [0.3, 0.4) is 0 Å². The number of hydrogen-bond acceptors (Lipinski definition) is 3. The summed E-state index contributed by atoms with van der Waals surface area (Å²) < 4.78 is 0. The lowest BCUT2D eigenvalue weighted by Crippen LogP contribution is -2.51. The van der Waals surface area contributed by atoms with E-state index in [4.69, 9.17) is 5.11 Å². The lowest BCUT2D eigenvalue weighted by Gasteiger charge is -2.33. The van der Waals surface area contributed by atoms with Gasteiger partial charge in [-0.2, -0.15) is 0 Å². The number of hydrogen-bond donors (Lipinski definition) is 3. The van der Waals surface area contributed by atoms with E-state index in [1.54, 1.807) is 0 Å². The summed E-state index contributed by atoms with van der Waals surface area (Å²) in [7, 11) is 0. The van der Waals surface area contributed by atoms with Crippen LogP contribution in [0.4, 0.5) is 0 Å². The molecule has 102 valence electrons. The quantitative estimate of drug-likeness (QED) is 0.632. The SMILES string of the molecule is CCCNC(=O)C(C)NC(CCO)C(C)(C)C. The molecule has 0 aromatic rings. The maximum atomic E-state index is 11.7. The Hall–Kier alpha value is -0.610. The summed E-state index contributed by atoms with van der Waals surface area (Å²) in [4.78, 5) is 11.7. The second-order valence-corrected chi connectivity index (χ2v) is 5.61. The van der Waals surface area contributed by atoms with Crippen molar-refractivity contribution in [1.82, 2.24) is 10.6 Å². The summed E-state index contributed by atoms with van der Waals surface area (Å²) in [5.74, 6) is 0.0269. The molecule has 2 unspecified atom stereocenters. The van der Waals surface area contributed by atoms with Crippen LogP contribution in [0, 0.1) is 5.41 Å². The third-order valence-corrected chi connectivity index (χ3v) is 2.86. The van der Waals surface area contributed by atoms with Crippen molar-refractivity contribution >= 4 is 5.91 Å². The summed E-state index contributed by atoms with van der Waals surface area (Å²) >= 11 is 0. The Morgan fingerprint density at radius 3 is 2.35 bits per heavy atom. The van der Waals surface area contributed by atoms with E-state index in [-0.39, 0.29) is 30.0 Å². The fraction of sp³-hybridized carbons (Fsp3) is 0.923. The summed E-state index contributed by atoms with van der Waals surface area (Å²) in [6, 6.07) is -0.0906. The monoisotopic (exact) mass is 244 g/mol. The van der Waals surface area contributed by atoms with E-state index in [0.29, 0.717) is 13.0 Å². The molecule has 0 fully saturated rings. The maximum Gasteiger partial charge on any atom is 0.236 e. The summed E-state index contributed by atoms with van der Waals surface area (Å²) in [6.45, 7) is 11.1. The highest BCUT2D eigenvalue weighted by Crippen LogP contribution is 2.22. The van der Waals surface area contributed by atoms with E-state index < -0.39 is 0 Å². The molecular weight excluding hydrogens is 216 g/mol. The summed E-state index contributed by atoms with van der Waals surface area (Å²) in [5.41, 5.74) is 0.0298. The average Bonchev–Trinajstić information content (AvgIpc) is 2.23. The largest absolute Gasteiger partial charge is 0.396 e. The number of aliphatic hydroxyl groups is 1. The third-order valence-electron chi connectivity index (χ3n) is 2.86. The molecule has 0 aliphatic heterocycles. The van der Waals surface area contributed by atoms with Crippen molar-refractivity contribution in [3.8, 4) is 0 Å². The van der Waals surface area contributed by atoms with Gasteiger partial charge in [-0.05, 0) is 25.2 Å². The number of nitrogens with one attached hydrogen (secondary N) is 2. The van der Waals surface area contributed by atoms with Crippen molar-refractivity contribution < 1.29 is 9.90 Å². The highest BCUT2D eigenvalue weighted by atomic mass is 16.3. The molecule has 0 spiro atoms. The van der Waals surface area contributed by atoms with Crippen molar-refractivity contribution in [3.05, 3.63) is 0 Å². The zero-order valence-corrected chi connectivity index (χ0v) is 11.8. The Bertz CT molecular complexity index is 224. The van der Waals surface area contributed by atoms with Crippen LogP contribution >= 0.6 is 0 Å². The predicted octanol–water partition coefficient (Wildman–Crippen LogP) is 1.29. The molecule has 0 radical (unpaired) electrons. The van der Waals surface area contributed by atoms with E-state index in [1.807, 2.05) is 13.8 Å². The normalized spacial score (nSPS) is 15.4. The highest BCUT2D eigenvalue weighted by molar-refractivity contribution is 5.81. The molecule has 17 heavy (non-hydrogen) atoms. The van der Waals surface area contributed by atoms with Crippen LogP contribution in [0.15, 0.2) is 0 Å². The molecule has 1 amide bonds. The topological polar surface area (TPSA) is 61.4 Å². The van der Waals surface area contributed by atoms with Gasteiger partial charge in [0.2, 0.25) is 5.91 Å². The number of amides is 1. The van der Waals surface area contributed by atoms with Crippen LogP contribution in [-0.2, 0) is 4.79 Å². The van der Waals surface area contributed by atoms with Crippen LogP contribution in [0.2, 0.25) is 0 Å². The van der Waals surface area contributed by atoms with Gasteiger partial charge in [-0.15, -0.1) is 0 Å². The molecule has 0 bridgehead atoms. The van der Waals surface area contributed by atoms with Crippen LogP contribution < -0.4 is 10.6 Å². The Balaban J connectivity index is 4.30. The van der Waals surface area contributed by atoms with E-state index in [1.165, 1.54) is 0 Å². The lowest BCUT2D eigenvalue weighted by atomic mass is 9.84. The molecule has 0 heterocycles. The second kappa shape index (κ2) is 7.67. The average molecular weight is 244 g/mol. The molecule has 0 aromatic heterocycles. The van der Waals surface area contributed by atoms with Crippen molar-refractivity contribution in [2.24, 2.45) is 5.41 Å². The van der Waals surface area contributed by atoms with Crippen molar-refractivity contribution in [1.29, 1.82) is 0 Å². The molecule has 0 aromatic carbocycles. The predicted molar refractivity (Wildman–Crippen MR) is 70.8 cm³/mol. The Morgan fingerprint density at radius 2 is 1.94 bits per heavy atom. The molecule has 0 aliphatic carbocycles. The Labute approximate surface area is 105 Å². The van der Waals surface area contributed by atoms with Gasteiger partial charge in [0.1, 0.15) is 0 Å². The maximum absolute atomic E-state index is 11.7. The van der Waals surface area contributed by atoms with E-state index >= 15 is 0 Å². The van der Waals surface area contributed by atoms with E-state index in [0.717, 1.165) is 6.42 Å². The van der Waals surface area contributed by atoms with Gasteiger partial charge in [-0.3, -0.25) is 4.79 Å². The van der Waals surface area contributed by atoms with Crippen LogP contribution in [0.5, 0.6) is 0 Å². The second-order valence-electron chi connectivity index (χ2n) is 5.61. The zero-order chi connectivity index (χ0) is 13.5. The van der Waals surface area contributed by atoms with Crippen molar-refractivity contribution in [3.63, 3.8) is 0 Å². The molecule has 4 heteroatoms. The first-order valence-electron chi connectivity index (χ1n) is 6.47. The summed E-state index contributed by atoms with van der Waals surface area (Å²) in [6.07, 6.45) is 1.60. The van der Waals surface area contributed by atoms with Crippen LogP contribution in [-0.4, -0.2) is 36.2 Å². The molecule has 2 atom stereocenters. The van der Waals surface area contributed by atoms with Gasteiger partial charge in [0.15, 0.2) is 0 Å². The van der Waals surface area contributed by atoms with E-state index in [2.05, 4.69) is 31.4 Å². The number of rotatable bonds is 7. The first-order chi connectivity index (χ1) is 7.82. The van der Waals surface area contributed by atoms with Gasteiger partial charge >= 0.3 is 0 Å². The standard InChI is InChI=1S/C13H28N2O2/c1-6-8-14-12(17)10(2)15-11(7-9-16)13(3,4)5/h10-11,15-16H,6-9H2,1-5H3,(H,14,17).